The molecule has 2 aromatic heterocycles. The Hall–Kier alpha value is -2.12. The van der Waals surface area contributed by atoms with Gasteiger partial charge in [-0.25, -0.2) is 14.3 Å². The van der Waals surface area contributed by atoms with Gasteiger partial charge in [0.25, 0.3) is 5.91 Å². The van der Waals surface area contributed by atoms with Crippen LogP contribution < -0.4 is 11.1 Å². The number of rotatable bonds is 3. The second-order valence-corrected chi connectivity index (χ2v) is 7.64. The summed E-state index contributed by atoms with van der Waals surface area (Å²) in [5.74, 6) is 0.0110. The number of hydrogen-bond donors (Lipinski definition) is 3. The highest BCUT2D eigenvalue weighted by molar-refractivity contribution is 6.37. The van der Waals surface area contributed by atoms with E-state index in [9.17, 15) is 14.7 Å². The van der Waals surface area contributed by atoms with Gasteiger partial charge < -0.3 is 16.2 Å². The summed E-state index contributed by atoms with van der Waals surface area (Å²) < 4.78 is 1.17. The summed E-state index contributed by atoms with van der Waals surface area (Å²) in [5, 5.41) is 14.2. The Bertz CT molecular complexity index is 879. The van der Waals surface area contributed by atoms with Crippen molar-refractivity contribution >= 4 is 34.6 Å². The highest BCUT2D eigenvalue weighted by Crippen LogP contribution is 2.33. The molecule has 2 amide bonds. The van der Waals surface area contributed by atoms with Crippen LogP contribution in [0.2, 0.25) is 5.02 Å². The third-order valence-corrected chi connectivity index (χ3v) is 5.45. The van der Waals surface area contributed by atoms with Crippen molar-refractivity contribution in [3.05, 3.63) is 28.5 Å². The number of carbonyl (C=O) groups excluding carboxylic acids is 2. The van der Waals surface area contributed by atoms with Crippen LogP contribution in [0.3, 0.4) is 0 Å². The molecule has 0 spiro atoms. The molecule has 26 heavy (non-hydrogen) atoms. The predicted octanol–water partition coefficient (Wildman–Crippen LogP) is 2.60. The Morgan fingerprint density at radius 1 is 1.54 bits per heavy atom. The molecule has 1 saturated carbocycles. The molecule has 1 aliphatic rings. The molecule has 8 heteroatoms. The first-order valence-electron chi connectivity index (χ1n) is 8.69. The SMILES string of the molecule is Cc1c(C(=O)NC[C@@]2(O)CCC[C@@H](C)C2)c2c(Cl)ccnc2n1C(N)=O. The molecule has 3 rings (SSSR count). The highest BCUT2D eigenvalue weighted by Gasteiger charge is 2.34. The molecule has 7 nitrogen and oxygen atoms in total. The number of amides is 2. The fraction of sp³-hybridized carbons (Fsp3) is 0.500. The van der Waals surface area contributed by atoms with Crippen LogP contribution in [0, 0.1) is 12.8 Å². The average molecular weight is 379 g/mol. The van der Waals surface area contributed by atoms with E-state index in [4.69, 9.17) is 17.3 Å². The van der Waals surface area contributed by atoms with Gasteiger partial charge in [-0.15, -0.1) is 0 Å². The highest BCUT2D eigenvalue weighted by atomic mass is 35.5. The molecular formula is C18H23ClN4O3. The first-order valence-corrected chi connectivity index (χ1v) is 9.07. The minimum absolute atomic E-state index is 0.150. The average Bonchev–Trinajstić information content (AvgIpc) is 2.86. The summed E-state index contributed by atoms with van der Waals surface area (Å²) in [6.45, 7) is 3.87. The van der Waals surface area contributed by atoms with Gasteiger partial charge >= 0.3 is 6.03 Å². The first-order chi connectivity index (χ1) is 12.2. The molecule has 2 aromatic rings. The number of aromatic nitrogens is 2. The second kappa shape index (κ2) is 6.89. The maximum Gasteiger partial charge on any atom is 0.324 e. The summed E-state index contributed by atoms with van der Waals surface area (Å²) in [4.78, 5) is 28.8. The van der Waals surface area contributed by atoms with Gasteiger partial charge in [0.2, 0.25) is 0 Å². The van der Waals surface area contributed by atoms with Crippen molar-refractivity contribution in [2.45, 2.75) is 45.1 Å². The Morgan fingerprint density at radius 3 is 2.92 bits per heavy atom. The van der Waals surface area contributed by atoms with E-state index in [1.807, 2.05) is 0 Å². The zero-order valence-electron chi connectivity index (χ0n) is 14.9. The molecule has 0 aromatic carbocycles. The monoisotopic (exact) mass is 378 g/mol. The van der Waals surface area contributed by atoms with Crippen molar-refractivity contribution in [3.63, 3.8) is 0 Å². The number of nitrogens with two attached hydrogens (primary N) is 1. The van der Waals surface area contributed by atoms with Gasteiger partial charge in [-0.2, -0.15) is 0 Å². The van der Waals surface area contributed by atoms with Gasteiger partial charge in [0.05, 0.1) is 21.6 Å². The van der Waals surface area contributed by atoms with Crippen molar-refractivity contribution in [1.82, 2.24) is 14.9 Å². The molecule has 0 bridgehead atoms. The molecule has 140 valence electrons. The lowest BCUT2D eigenvalue weighted by Crippen LogP contribution is -2.45. The van der Waals surface area contributed by atoms with Gasteiger partial charge in [0.1, 0.15) is 0 Å². The lowest BCUT2D eigenvalue weighted by atomic mass is 9.79. The van der Waals surface area contributed by atoms with Gasteiger partial charge in [0.15, 0.2) is 5.65 Å². The van der Waals surface area contributed by atoms with Crippen molar-refractivity contribution in [1.29, 1.82) is 0 Å². The van der Waals surface area contributed by atoms with E-state index in [2.05, 4.69) is 17.2 Å². The van der Waals surface area contributed by atoms with Gasteiger partial charge in [-0.3, -0.25) is 4.79 Å². The van der Waals surface area contributed by atoms with Crippen LogP contribution >= 0.6 is 11.6 Å². The molecule has 1 aliphatic carbocycles. The normalized spacial score (nSPS) is 23.2. The van der Waals surface area contributed by atoms with Gasteiger partial charge in [-0.1, -0.05) is 31.4 Å². The summed E-state index contributed by atoms with van der Waals surface area (Å²) in [6, 6.07) is 0.822. The lowest BCUT2D eigenvalue weighted by molar-refractivity contribution is -0.0109. The van der Waals surface area contributed by atoms with Crippen molar-refractivity contribution < 1.29 is 14.7 Å². The summed E-state index contributed by atoms with van der Waals surface area (Å²) >= 11 is 6.26. The van der Waals surface area contributed by atoms with E-state index in [1.54, 1.807) is 13.0 Å². The Morgan fingerprint density at radius 2 is 2.27 bits per heavy atom. The minimum atomic E-state index is -0.911. The van der Waals surface area contributed by atoms with Gasteiger partial charge in [-0.05, 0) is 31.7 Å². The van der Waals surface area contributed by atoms with Crippen LogP contribution in [-0.4, -0.2) is 38.7 Å². The van der Waals surface area contributed by atoms with E-state index < -0.39 is 17.5 Å². The molecular weight excluding hydrogens is 356 g/mol. The molecule has 0 unspecified atom stereocenters. The quantitative estimate of drug-likeness (QED) is 0.762. The zero-order valence-corrected chi connectivity index (χ0v) is 15.6. The standard InChI is InChI=1S/C18H23ClN4O3/c1-10-4-3-6-18(26,8-10)9-22-16(24)13-11(2)23(17(20)25)15-14(13)12(19)5-7-21-15/h5,7,10,26H,3-4,6,8-9H2,1-2H3,(H2,20,25)(H,22,24)/t10-,18-/m1/s1. The molecule has 0 saturated heterocycles. The minimum Gasteiger partial charge on any atom is -0.388 e. The molecule has 0 aliphatic heterocycles. The number of nitrogens with one attached hydrogen (secondary N) is 1. The van der Waals surface area contributed by atoms with E-state index in [-0.39, 0.29) is 17.8 Å². The number of aliphatic hydroxyl groups is 1. The predicted molar refractivity (Wildman–Crippen MR) is 99.4 cm³/mol. The fourth-order valence-electron chi connectivity index (χ4n) is 3.95. The second-order valence-electron chi connectivity index (χ2n) is 7.23. The zero-order chi connectivity index (χ0) is 19.1. The first kappa shape index (κ1) is 18.7. The lowest BCUT2D eigenvalue weighted by Gasteiger charge is -2.35. The largest absolute Gasteiger partial charge is 0.388 e. The van der Waals surface area contributed by atoms with Crippen molar-refractivity contribution in [2.75, 3.05) is 6.54 Å². The van der Waals surface area contributed by atoms with Crippen LogP contribution in [0.15, 0.2) is 12.3 Å². The van der Waals surface area contributed by atoms with Crippen molar-refractivity contribution in [3.8, 4) is 0 Å². The number of carbonyl (C=O) groups is 2. The number of nitrogens with zero attached hydrogens (tertiary/aromatic N) is 2. The van der Waals surface area contributed by atoms with Crippen molar-refractivity contribution in [2.24, 2.45) is 11.7 Å². The Labute approximate surface area is 156 Å². The smallest absolute Gasteiger partial charge is 0.324 e. The summed E-state index contributed by atoms with van der Waals surface area (Å²) in [5.41, 5.74) is 5.40. The molecule has 0 radical (unpaired) electrons. The Kier molecular flexibility index (Phi) is 4.94. The Balaban J connectivity index is 1.94. The topological polar surface area (TPSA) is 110 Å². The van der Waals surface area contributed by atoms with Gasteiger partial charge in [0, 0.05) is 18.4 Å². The van der Waals surface area contributed by atoms with Crippen LogP contribution in [0.25, 0.3) is 11.0 Å². The fourth-order valence-corrected chi connectivity index (χ4v) is 4.19. The van der Waals surface area contributed by atoms with Crippen LogP contribution in [-0.2, 0) is 0 Å². The van der Waals surface area contributed by atoms with E-state index in [0.29, 0.717) is 34.9 Å². The summed E-state index contributed by atoms with van der Waals surface area (Å²) in [7, 11) is 0. The number of fused-ring (bicyclic) bond motifs is 1. The third-order valence-electron chi connectivity index (χ3n) is 5.13. The maximum absolute atomic E-state index is 12.9. The molecule has 1 fully saturated rings. The third kappa shape index (κ3) is 3.29. The summed E-state index contributed by atoms with van der Waals surface area (Å²) in [6.07, 6.45) is 4.78. The van der Waals surface area contributed by atoms with E-state index in [0.717, 1.165) is 12.8 Å². The number of primary amides is 1. The molecule has 4 N–H and O–H groups in total. The number of pyridine rings is 1. The van der Waals surface area contributed by atoms with Crippen LogP contribution in [0.1, 0.15) is 48.7 Å². The number of halogens is 1. The van der Waals surface area contributed by atoms with E-state index in [1.165, 1.54) is 10.8 Å². The molecule has 2 heterocycles. The maximum atomic E-state index is 12.9. The number of hydrogen-bond acceptors (Lipinski definition) is 4. The molecule has 2 atom stereocenters. The van der Waals surface area contributed by atoms with E-state index >= 15 is 0 Å². The van der Waals surface area contributed by atoms with Crippen LogP contribution in [0.5, 0.6) is 0 Å². The van der Waals surface area contributed by atoms with Crippen LogP contribution in [0.4, 0.5) is 4.79 Å².